The average Bonchev–Trinajstić information content (AvgIpc) is 3.78. The summed E-state index contributed by atoms with van der Waals surface area (Å²) >= 11 is 0. The molecule has 0 aliphatic heterocycles. The van der Waals surface area contributed by atoms with Gasteiger partial charge in [0.15, 0.2) is 0 Å². The third-order valence-electron chi connectivity index (χ3n) is 9.19. The third kappa shape index (κ3) is 8.91. The number of benzene rings is 6. The molecule has 0 aliphatic carbocycles. The van der Waals surface area contributed by atoms with E-state index >= 15 is 0 Å². The van der Waals surface area contributed by atoms with Crippen molar-refractivity contribution >= 4 is 69.2 Å². The largest absolute Gasteiger partial charge is 4.00 e. The van der Waals surface area contributed by atoms with Crippen molar-refractivity contribution < 1.29 is 50.7 Å². The molecular weight excluding hydrogens is 864 g/mol. The normalized spacial score (nSPS) is 10.6. The first kappa shape index (κ1) is 40.6. The summed E-state index contributed by atoms with van der Waals surface area (Å²) in [4.78, 5) is 0. The van der Waals surface area contributed by atoms with Crippen molar-refractivity contribution in [1.82, 2.24) is 0 Å². The molecule has 0 amide bonds. The molecule has 0 bridgehead atoms. The second kappa shape index (κ2) is 18.6. The van der Waals surface area contributed by atoms with Crippen LogP contribution in [0.15, 0.2) is 170 Å². The van der Waals surface area contributed by atoms with Crippen LogP contribution in [0.1, 0.15) is 22.3 Å². The van der Waals surface area contributed by atoms with Crippen LogP contribution >= 0.6 is 15.8 Å². The fraction of sp³-hybridized carbons (Fsp3) is 0.0870. The average molecular weight is 904 g/mol. The molecule has 0 N–H and O–H groups in total. The first-order chi connectivity index (χ1) is 23.5. The van der Waals surface area contributed by atoms with E-state index in [4.69, 9.17) is 0 Å². The summed E-state index contributed by atoms with van der Waals surface area (Å²) in [6.45, 7) is 8.83. The van der Waals surface area contributed by atoms with Crippen LogP contribution in [0.3, 0.4) is 0 Å². The molecule has 8 aromatic carbocycles. The van der Waals surface area contributed by atoms with Gasteiger partial charge in [0.1, 0.15) is 0 Å². The van der Waals surface area contributed by atoms with Gasteiger partial charge in [-0.25, -0.2) is 0 Å². The van der Waals surface area contributed by atoms with Gasteiger partial charge in [0.2, 0.25) is 0 Å². The maximum Gasteiger partial charge on any atom is 4.00 e. The fourth-order valence-electron chi connectivity index (χ4n) is 6.61. The van der Waals surface area contributed by atoms with Crippen LogP contribution in [0, 0.1) is 27.7 Å². The maximum absolute atomic E-state index is 2.41. The van der Waals surface area contributed by atoms with Crippen LogP contribution in [0.4, 0.5) is 0 Å². The minimum Gasteiger partial charge on any atom is -1.00 e. The summed E-state index contributed by atoms with van der Waals surface area (Å²) in [7, 11) is -1.04. The van der Waals surface area contributed by atoms with E-state index in [2.05, 4.69) is 198 Å². The van der Waals surface area contributed by atoms with Gasteiger partial charge in [-0.05, 0) is 50.9 Å². The number of fused-ring (bicyclic) bond motifs is 2. The van der Waals surface area contributed by atoms with E-state index in [0.29, 0.717) is 0 Å². The van der Waals surface area contributed by atoms with Gasteiger partial charge in [0, 0.05) is 0 Å². The van der Waals surface area contributed by atoms with Crippen molar-refractivity contribution in [2.75, 3.05) is 0 Å². The Morgan fingerprint density at radius 2 is 0.608 bits per heavy atom. The molecule has 252 valence electrons. The Kier molecular flexibility index (Phi) is 14.8. The molecule has 0 aliphatic rings. The molecule has 0 aromatic heterocycles. The second-order valence-electron chi connectivity index (χ2n) is 12.5. The smallest absolute Gasteiger partial charge is 1.00 e. The summed E-state index contributed by atoms with van der Waals surface area (Å²) in [6.07, 6.45) is 0. The van der Waals surface area contributed by atoms with Gasteiger partial charge in [0.25, 0.3) is 0 Å². The molecule has 0 spiro atoms. The maximum atomic E-state index is 2.41. The molecule has 0 nitrogen and oxygen atoms in total. The van der Waals surface area contributed by atoms with Gasteiger partial charge in [-0.1, -0.05) is 158 Å². The molecule has 0 atom stereocenters. The predicted molar refractivity (Wildman–Crippen MR) is 215 cm³/mol. The van der Waals surface area contributed by atoms with Crippen molar-refractivity contribution in [2.24, 2.45) is 0 Å². The van der Waals surface area contributed by atoms with Crippen molar-refractivity contribution in [1.29, 1.82) is 0 Å². The Bertz CT molecular complexity index is 1960. The molecule has 51 heavy (non-hydrogen) atoms. The van der Waals surface area contributed by atoms with E-state index in [-0.39, 0.29) is 50.7 Å². The van der Waals surface area contributed by atoms with Crippen LogP contribution in [0.25, 0.3) is 21.5 Å². The van der Waals surface area contributed by atoms with Crippen molar-refractivity contribution in [3.8, 4) is 0 Å². The standard InChI is InChI=1S/2C23H20P.2ClH.Hf/c2*1-17-13-14-18(2)23-16-21(15-22(17)23)24(19-9-5-3-6-10-19)20-11-7-4-8-12-20;;;/h2*3-16H,1-2H3;2*1H;/q2*-1;;;+4/p-2. The summed E-state index contributed by atoms with van der Waals surface area (Å²) in [5, 5.41) is 14.1. The zero-order valence-corrected chi connectivity index (χ0v) is 36.2. The molecule has 0 fully saturated rings. The van der Waals surface area contributed by atoms with E-state index in [1.54, 1.807) is 0 Å². The van der Waals surface area contributed by atoms with E-state index in [1.807, 2.05) is 0 Å². The minimum absolute atomic E-state index is 0. The Morgan fingerprint density at radius 3 is 0.863 bits per heavy atom. The first-order valence-corrected chi connectivity index (χ1v) is 19.3. The summed E-state index contributed by atoms with van der Waals surface area (Å²) in [6, 6.07) is 62.2. The van der Waals surface area contributed by atoms with Crippen LogP contribution < -0.4 is 56.6 Å². The molecule has 0 unspecified atom stereocenters. The molecule has 0 saturated carbocycles. The van der Waals surface area contributed by atoms with Gasteiger partial charge < -0.3 is 24.8 Å². The first-order valence-electron chi connectivity index (χ1n) is 16.6. The number of halogens is 2. The van der Waals surface area contributed by atoms with Crippen molar-refractivity contribution in [2.45, 2.75) is 27.7 Å². The van der Waals surface area contributed by atoms with Gasteiger partial charge in [-0.3, -0.25) is 0 Å². The Labute approximate surface area is 337 Å². The monoisotopic (exact) mass is 904 g/mol. The number of aryl methyl sites for hydroxylation is 4. The second-order valence-corrected chi connectivity index (χ2v) is 16.9. The SMILES string of the molecule is Cc1ccc(C)c2[cH-]c(P(c3ccccc3)c3ccccc3)cc12.Cc1ccc(C)c2[cH-]c(P(c3ccccc3)c3ccccc3)cc12.[Cl-].[Cl-].[Hf+4]. The summed E-state index contributed by atoms with van der Waals surface area (Å²) in [5.41, 5.74) is 5.44. The topological polar surface area (TPSA) is 0 Å². The van der Waals surface area contributed by atoms with Crippen LogP contribution in [-0.4, -0.2) is 0 Å². The van der Waals surface area contributed by atoms with Crippen LogP contribution in [0.2, 0.25) is 0 Å². The molecule has 8 aromatic rings. The van der Waals surface area contributed by atoms with Crippen molar-refractivity contribution in [3.63, 3.8) is 0 Å². The Balaban J connectivity index is 0.000000216. The quantitative estimate of drug-likeness (QED) is 0.135. The molecule has 0 saturated heterocycles. The van der Waals surface area contributed by atoms with E-state index in [9.17, 15) is 0 Å². The summed E-state index contributed by atoms with van der Waals surface area (Å²) in [5.74, 6) is 0. The third-order valence-corrected chi connectivity index (χ3v) is 14.0. The molecule has 0 radical (unpaired) electrons. The zero-order valence-electron chi connectivity index (χ0n) is 29.3. The molecule has 0 heterocycles. The minimum atomic E-state index is -0.518. The van der Waals surface area contributed by atoms with Gasteiger partial charge in [-0.2, -0.15) is 12.1 Å². The van der Waals surface area contributed by atoms with Gasteiger partial charge >= 0.3 is 25.8 Å². The van der Waals surface area contributed by atoms with Crippen LogP contribution in [0.5, 0.6) is 0 Å². The summed E-state index contributed by atoms with van der Waals surface area (Å²) < 4.78 is 0. The predicted octanol–water partition coefficient (Wildman–Crippen LogP) is 3.87. The number of hydrogen-bond donors (Lipinski definition) is 0. The molecule has 8 rings (SSSR count). The molecule has 5 heteroatoms. The van der Waals surface area contributed by atoms with E-state index in [1.165, 1.54) is 75.6 Å². The van der Waals surface area contributed by atoms with Gasteiger partial charge in [-0.15, -0.1) is 67.5 Å². The Hall–Kier alpha value is -3.15. The van der Waals surface area contributed by atoms with E-state index in [0.717, 1.165) is 0 Å². The molecular formula is C46H40Cl2HfP2. The fourth-order valence-corrected chi connectivity index (χ4v) is 11.3. The van der Waals surface area contributed by atoms with Crippen molar-refractivity contribution in [3.05, 3.63) is 192 Å². The number of hydrogen-bond acceptors (Lipinski definition) is 0. The van der Waals surface area contributed by atoms with Gasteiger partial charge in [0.05, 0.1) is 0 Å². The Morgan fingerprint density at radius 1 is 0.353 bits per heavy atom. The number of rotatable bonds is 6. The van der Waals surface area contributed by atoms with E-state index < -0.39 is 15.8 Å². The zero-order chi connectivity index (χ0) is 33.0. The van der Waals surface area contributed by atoms with Crippen LogP contribution in [-0.2, 0) is 25.8 Å².